The first kappa shape index (κ1) is 32.9. The van der Waals surface area contributed by atoms with Gasteiger partial charge in [-0.2, -0.15) is 4.99 Å². The fourth-order valence-corrected chi connectivity index (χ4v) is 6.77. The maximum absolute atomic E-state index is 13.9. The lowest BCUT2D eigenvalue weighted by atomic mass is 9.99. The summed E-state index contributed by atoms with van der Waals surface area (Å²) in [6.45, 7) is 5.48. The predicted octanol–water partition coefficient (Wildman–Crippen LogP) is 7.61. The first-order valence-electron chi connectivity index (χ1n) is 13.5. The number of amides is 3. The monoisotopic (exact) mass is 733 g/mol. The maximum atomic E-state index is 13.9. The van der Waals surface area contributed by atoms with E-state index in [0.29, 0.717) is 26.0 Å². The molecule has 10 heteroatoms. The van der Waals surface area contributed by atoms with Gasteiger partial charge in [0.2, 0.25) is 5.91 Å². The van der Waals surface area contributed by atoms with Gasteiger partial charge in [-0.1, -0.05) is 97.2 Å². The maximum Gasteiger partial charge on any atom is 0.285 e. The van der Waals surface area contributed by atoms with E-state index in [0.717, 1.165) is 22.9 Å². The van der Waals surface area contributed by atoms with Gasteiger partial charge >= 0.3 is 0 Å². The van der Waals surface area contributed by atoms with Gasteiger partial charge < -0.3 is 10.1 Å². The highest BCUT2D eigenvalue weighted by Gasteiger charge is 2.35. The molecule has 0 spiro atoms. The molecule has 0 bridgehead atoms. The first-order valence-corrected chi connectivity index (χ1v) is 16.0. The molecule has 224 valence electrons. The zero-order valence-electron chi connectivity index (χ0n) is 24.0. The van der Waals surface area contributed by atoms with Crippen LogP contribution in [0.5, 0.6) is 5.75 Å². The standard InChI is InChI=1S/C34H29Br2N3O4S/c1-4-6-17-25(5-2)39-33(42)26(18-22-19-27(35)31(43-3)28(36)20-22)32(41)38-34(39)44-21-29(40)37-30(23-13-9-7-10-14-23)24-15-11-8-12-16-24/h4-20,30H,1,21H2,2-3H3,(H,37,40)/b17-6-,25-5+,26-18+. The molecule has 1 heterocycles. The minimum atomic E-state index is -0.702. The van der Waals surface area contributed by atoms with Gasteiger partial charge in [0.25, 0.3) is 11.8 Å². The van der Waals surface area contributed by atoms with Gasteiger partial charge in [0.05, 0.1) is 27.8 Å². The zero-order chi connectivity index (χ0) is 31.6. The van der Waals surface area contributed by atoms with Gasteiger partial charge in [-0.05, 0) is 79.8 Å². The van der Waals surface area contributed by atoms with Crippen LogP contribution in [0.1, 0.15) is 29.7 Å². The van der Waals surface area contributed by atoms with Gasteiger partial charge in [0, 0.05) is 5.70 Å². The number of ether oxygens (including phenoxy) is 1. The molecule has 3 aromatic rings. The molecule has 7 nitrogen and oxygen atoms in total. The van der Waals surface area contributed by atoms with Gasteiger partial charge in [-0.25, -0.2) is 0 Å². The van der Waals surface area contributed by atoms with Crippen LogP contribution in [0.4, 0.5) is 0 Å². The molecule has 44 heavy (non-hydrogen) atoms. The Morgan fingerprint density at radius 1 is 1.05 bits per heavy atom. The molecule has 0 saturated heterocycles. The van der Waals surface area contributed by atoms with E-state index < -0.39 is 11.8 Å². The van der Waals surface area contributed by atoms with Crippen LogP contribution >= 0.6 is 43.6 Å². The number of allylic oxidation sites excluding steroid dienone is 4. The zero-order valence-corrected chi connectivity index (χ0v) is 28.0. The summed E-state index contributed by atoms with van der Waals surface area (Å²) in [5.41, 5.74) is 2.79. The summed E-state index contributed by atoms with van der Waals surface area (Å²) in [6.07, 6.45) is 8.16. The Kier molecular flexibility index (Phi) is 11.7. The number of hydrogen-bond donors (Lipinski definition) is 1. The minimum absolute atomic E-state index is 0.0777. The fraction of sp³-hybridized carbons (Fsp3) is 0.118. The summed E-state index contributed by atoms with van der Waals surface area (Å²) in [4.78, 5) is 46.0. The number of thioether (sulfide) groups is 1. The van der Waals surface area contributed by atoms with Crippen molar-refractivity contribution in [3.05, 3.63) is 141 Å². The van der Waals surface area contributed by atoms with Crippen molar-refractivity contribution in [1.29, 1.82) is 0 Å². The van der Waals surface area contributed by atoms with E-state index in [1.54, 1.807) is 50.5 Å². The van der Waals surface area contributed by atoms with E-state index in [1.165, 1.54) is 11.0 Å². The molecule has 4 rings (SSSR count). The third kappa shape index (κ3) is 7.93. The number of nitrogens with one attached hydrogen (secondary N) is 1. The summed E-state index contributed by atoms with van der Waals surface area (Å²) in [7, 11) is 1.54. The van der Waals surface area contributed by atoms with Crippen molar-refractivity contribution >= 4 is 72.6 Å². The van der Waals surface area contributed by atoms with Crippen molar-refractivity contribution in [3.63, 3.8) is 0 Å². The van der Waals surface area contributed by atoms with Crippen LogP contribution in [0.3, 0.4) is 0 Å². The van der Waals surface area contributed by atoms with Gasteiger partial charge in [0.15, 0.2) is 5.17 Å². The number of carbonyl (C=O) groups is 3. The van der Waals surface area contributed by atoms with Crippen molar-refractivity contribution in [2.75, 3.05) is 12.9 Å². The second kappa shape index (κ2) is 15.7. The van der Waals surface area contributed by atoms with E-state index in [9.17, 15) is 14.4 Å². The topological polar surface area (TPSA) is 88.1 Å². The van der Waals surface area contributed by atoms with E-state index >= 15 is 0 Å². The number of hydrogen-bond acceptors (Lipinski definition) is 5. The van der Waals surface area contributed by atoms with E-state index in [2.05, 4.69) is 48.7 Å². The molecule has 3 aromatic carbocycles. The van der Waals surface area contributed by atoms with Gasteiger partial charge in [-0.3, -0.25) is 19.3 Å². The van der Waals surface area contributed by atoms with Crippen molar-refractivity contribution in [2.24, 2.45) is 4.99 Å². The lowest BCUT2D eigenvalue weighted by Crippen LogP contribution is -2.42. The molecule has 0 atom stereocenters. The minimum Gasteiger partial charge on any atom is -0.494 e. The average Bonchev–Trinajstić information content (AvgIpc) is 3.02. The number of methoxy groups -OCH3 is 1. The Morgan fingerprint density at radius 2 is 1.64 bits per heavy atom. The van der Waals surface area contributed by atoms with Crippen molar-refractivity contribution < 1.29 is 19.1 Å². The third-order valence-corrected chi connectivity index (χ3v) is 8.57. The summed E-state index contributed by atoms with van der Waals surface area (Å²) < 4.78 is 6.65. The second-order valence-corrected chi connectivity index (χ2v) is 12.0. The van der Waals surface area contributed by atoms with Crippen LogP contribution in [0.2, 0.25) is 0 Å². The highest BCUT2D eigenvalue weighted by Crippen LogP contribution is 2.36. The molecule has 3 amide bonds. The van der Waals surface area contributed by atoms with E-state index in [-0.39, 0.29) is 28.4 Å². The summed E-state index contributed by atoms with van der Waals surface area (Å²) >= 11 is 7.93. The normalized spacial score (nSPS) is 14.8. The number of benzene rings is 3. The van der Waals surface area contributed by atoms with Gasteiger partial charge in [0.1, 0.15) is 11.3 Å². The molecule has 1 N–H and O–H groups in total. The van der Waals surface area contributed by atoms with Crippen LogP contribution < -0.4 is 10.1 Å². The summed E-state index contributed by atoms with van der Waals surface area (Å²) in [5, 5.41) is 3.19. The highest BCUT2D eigenvalue weighted by atomic mass is 79.9. The number of amidine groups is 1. The highest BCUT2D eigenvalue weighted by molar-refractivity contribution is 9.11. The lowest BCUT2D eigenvalue weighted by Gasteiger charge is -2.28. The van der Waals surface area contributed by atoms with Crippen molar-refractivity contribution in [1.82, 2.24) is 10.2 Å². The van der Waals surface area contributed by atoms with Crippen LogP contribution in [-0.4, -0.2) is 40.7 Å². The average molecular weight is 735 g/mol. The molecule has 0 aliphatic carbocycles. The number of nitrogens with zero attached hydrogens (tertiary/aromatic N) is 2. The molecular formula is C34H29Br2N3O4S. The third-order valence-electron chi connectivity index (χ3n) is 6.45. The van der Waals surface area contributed by atoms with E-state index in [4.69, 9.17) is 4.74 Å². The molecule has 1 aliphatic heterocycles. The summed E-state index contributed by atoms with van der Waals surface area (Å²) in [6, 6.07) is 22.4. The Labute approximate surface area is 277 Å². The van der Waals surface area contributed by atoms with Crippen LogP contribution in [0.25, 0.3) is 6.08 Å². The van der Waals surface area contributed by atoms with Crippen LogP contribution in [0.15, 0.2) is 129 Å². The number of aliphatic imine (C=N–C) groups is 1. The van der Waals surface area contributed by atoms with Crippen molar-refractivity contribution in [2.45, 2.75) is 13.0 Å². The largest absolute Gasteiger partial charge is 0.494 e. The Hall–Kier alpha value is -3.99. The number of rotatable bonds is 10. The second-order valence-electron chi connectivity index (χ2n) is 9.33. The smallest absolute Gasteiger partial charge is 0.285 e. The molecule has 0 saturated carbocycles. The summed E-state index contributed by atoms with van der Waals surface area (Å²) in [5.74, 6) is -1.05. The quantitative estimate of drug-likeness (QED) is 0.132. The fourth-order valence-electron chi connectivity index (χ4n) is 4.42. The van der Waals surface area contributed by atoms with Gasteiger partial charge in [-0.15, -0.1) is 0 Å². The Balaban J connectivity index is 1.64. The first-order chi connectivity index (χ1) is 21.3. The van der Waals surface area contributed by atoms with Crippen LogP contribution in [0, 0.1) is 0 Å². The Bertz CT molecular complexity index is 1620. The molecule has 0 unspecified atom stereocenters. The molecule has 0 fully saturated rings. The molecule has 1 aliphatic rings. The van der Waals surface area contributed by atoms with E-state index in [1.807, 2.05) is 60.7 Å². The lowest BCUT2D eigenvalue weighted by molar-refractivity contribution is -0.126. The SMILES string of the molecule is C=C/C=C\C(=C/C)N1C(=O)/C(=C/c2cc(Br)c(OC)c(Br)c2)C(=O)N=C1SCC(=O)NC(c1ccccc1)c1ccccc1. The van der Waals surface area contributed by atoms with Crippen LogP contribution in [-0.2, 0) is 14.4 Å². The molecule has 0 radical (unpaired) electrons. The number of halogens is 2. The Morgan fingerprint density at radius 3 is 2.16 bits per heavy atom. The van der Waals surface area contributed by atoms with Crippen molar-refractivity contribution in [3.8, 4) is 5.75 Å². The molecule has 0 aromatic heterocycles. The number of carbonyl (C=O) groups excluding carboxylic acids is 3. The predicted molar refractivity (Wildman–Crippen MR) is 184 cm³/mol. The molecular weight excluding hydrogens is 706 g/mol.